The second-order valence-electron chi connectivity index (χ2n) is 6.42. The van der Waals surface area contributed by atoms with E-state index in [-0.39, 0.29) is 5.97 Å². The lowest BCUT2D eigenvalue weighted by Gasteiger charge is -2.36. The van der Waals surface area contributed by atoms with Crippen LogP contribution in [-0.2, 0) is 4.74 Å². The number of carbonyl (C=O) groups is 1. The summed E-state index contributed by atoms with van der Waals surface area (Å²) in [5.74, 6) is 0.539. The molecule has 0 spiro atoms. The van der Waals surface area contributed by atoms with Crippen molar-refractivity contribution in [2.75, 3.05) is 39.8 Å². The van der Waals surface area contributed by atoms with E-state index in [1.54, 1.807) is 6.07 Å². The Morgan fingerprint density at radius 2 is 1.78 bits per heavy atom. The molecule has 3 rings (SSSR count). The maximum absolute atomic E-state index is 11.9. The number of piperazine rings is 1. The number of nitrogens with zero attached hydrogens (tertiary/aromatic N) is 3. The minimum absolute atomic E-state index is 0.341. The number of benzene rings is 2. The van der Waals surface area contributed by atoms with E-state index in [4.69, 9.17) is 9.73 Å². The molecule has 27 heavy (non-hydrogen) atoms. The predicted molar refractivity (Wildman–Crippen MR) is 109 cm³/mol. The van der Waals surface area contributed by atoms with E-state index in [0.717, 1.165) is 49.8 Å². The van der Waals surface area contributed by atoms with E-state index in [9.17, 15) is 4.79 Å². The number of amidine groups is 1. The largest absolute Gasteiger partial charge is 0.465 e. The van der Waals surface area contributed by atoms with Gasteiger partial charge in [0.1, 0.15) is 5.84 Å². The molecule has 0 amide bonds. The van der Waals surface area contributed by atoms with Crippen LogP contribution in [0.2, 0.25) is 0 Å². The van der Waals surface area contributed by atoms with Crippen molar-refractivity contribution < 1.29 is 9.53 Å². The fraction of sp³-hybridized carbons (Fsp3) is 0.273. The molecular weight excluding hydrogens is 338 g/mol. The quantitative estimate of drug-likeness (QED) is 0.354. The second kappa shape index (κ2) is 9.14. The van der Waals surface area contributed by atoms with Gasteiger partial charge in [-0.2, -0.15) is 0 Å². The van der Waals surface area contributed by atoms with Crippen molar-refractivity contribution >= 4 is 17.5 Å². The first kappa shape index (κ1) is 18.9. The van der Waals surface area contributed by atoms with Gasteiger partial charge in [-0.25, -0.2) is 9.79 Å². The lowest BCUT2D eigenvalue weighted by atomic mass is 10.1. The van der Waals surface area contributed by atoms with Crippen LogP contribution in [0, 0.1) is 0 Å². The first-order chi connectivity index (χ1) is 13.2. The van der Waals surface area contributed by atoms with E-state index in [1.807, 2.05) is 54.6 Å². The van der Waals surface area contributed by atoms with Gasteiger partial charge in [0.25, 0.3) is 0 Å². The van der Waals surface area contributed by atoms with Gasteiger partial charge in [0.2, 0.25) is 0 Å². The van der Waals surface area contributed by atoms with Crippen molar-refractivity contribution in [1.29, 1.82) is 0 Å². The van der Waals surface area contributed by atoms with E-state index in [1.165, 1.54) is 7.11 Å². The van der Waals surface area contributed by atoms with E-state index in [2.05, 4.69) is 16.4 Å². The van der Waals surface area contributed by atoms with Crippen LogP contribution in [0.3, 0.4) is 0 Å². The predicted octanol–water partition coefficient (Wildman–Crippen LogP) is 3.36. The third-order valence-corrected chi connectivity index (χ3v) is 4.59. The highest BCUT2D eigenvalue weighted by atomic mass is 16.5. The Kier molecular flexibility index (Phi) is 6.39. The number of hydrogen-bond acceptors (Lipinski definition) is 4. The van der Waals surface area contributed by atoms with Gasteiger partial charge in [-0.15, -0.1) is 6.58 Å². The van der Waals surface area contributed by atoms with E-state index < -0.39 is 0 Å². The van der Waals surface area contributed by atoms with Crippen LogP contribution >= 0.6 is 0 Å². The molecule has 140 valence electrons. The molecule has 0 N–H and O–H groups in total. The zero-order chi connectivity index (χ0) is 19.1. The monoisotopic (exact) mass is 363 g/mol. The van der Waals surface area contributed by atoms with E-state index in [0.29, 0.717) is 5.56 Å². The summed E-state index contributed by atoms with van der Waals surface area (Å²) in [4.78, 5) is 21.5. The molecule has 1 aliphatic rings. The van der Waals surface area contributed by atoms with Crippen molar-refractivity contribution in [3.05, 3.63) is 78.4 Å². The summed E-state index contributed by atoms with van der Waals surface area (Å²) in [6.07, 6.45) is 1.94. The van der Waals surface area contributed by atoms with Crippen molar-refractivity contribution in [1.82, 2.24) is 9.80 Å². The maximum atomic E-state index is 11.9. The van der Waals surface area contributed by atoms with Crippen LogP contribution in [0.1, 0.15) is 15.9 Å². The Morgan fingerprint density at radius 3 is 2.44 bits per heavy atom. The Balaban J connectivity index is 1.93. The molecule has 1 aliphatic heterocycles. The van der Waals surface area contributed by atoms with E-state index >= 15 is 0 Å². The van der Waals surface area contributed by atoms with Gasteiger partial charge in [0.05, 0.1) is 18.4 Å². The van der Waals surface area contributed by atoms with Crippen LogP contribution in [0.15, 0.2) is 72.2 Å². The average Bonchev–Trinajstić information content (AvgIpc) is 2.73. The van der Waals surface area contributed by atoms with Crippen LogP contribution < -0.4 is 0 Å². The molecule has 5 heteroatoms. The van der Waals surface area contributed by atoms with Crippen LogP contribution in [0.5, 0.6) is 0 Å². The van der Waals surface area contributed by atoms with Crippen LogP contribution in [0.4, 0.5) is 5.69 Å². The Bertz CT molecular complexity index is 809. The molecule has 1 fully saturated rings. The lowest BCUT2D eigenvalue weighted by Crippen LogP contribution is -2.48. The molecule has 0 bridgehead atoms. The van der Waals surface area contributed by atoms with Gasteiger partial charge in [0.15, 0.2) is 0 Å². The van der Waals surface area contributed by atoms with Crippen LogP contribution in [0.25, 0.3) is 0 Å². The summed E-state index contributed by atoms with van der Waals surface area (Å²) in [7, 11) is 1.40. The number of para-hydroxylation sites is 1. The number of esters is 1. The van der Waals surface area contributed by atoms with Crippen LogP contribution in [-0.4, -0.2) is 61.4 Å². The summed E-state index contributed by atoms with van der Waals surface area (Å²) < 4.78 is 4.87. The first-order valence-corrected chi connectivity index (χ1v) is 9.12. The fourth-order valence-electron chi connectivity index (χ4n) is 3.17. The molecule has 0 atom stereocenters. The third kappa shape index (κ3) is 4.83. The molecule has 5 nitrogen and oxygen atoms in total. The smallest absolute Gasteiger partial charge is 0.337 e. The third-order valence-electron chi connectivity index (χ3n) is 4.59. The summed E-state index contributed by atoms with van der Waals surface area (Å²) in [5, 5.41) is 0. The number of hydrogen-bond donors (Lipinski definition) is 0. The topological polar surface area (TPSA) is 45.1 Å². The van der Waals surface area contributed by atoms with Gasteiger partial charge in [-0.1, -0.05) is 36.4 Å². The van der Waals surface area contributed by atoms with Crippen molar-refractivity contribution in [2.24, 2.45) is 4.99 Å². The summed E-state index contributed by atoms with van der Waals surface area (Å²) in [6, 6.07) is 17.4. The molecule has 0 saturated carbocycles. The standard InChI is InChI=1S/C22H25N3O2/c1-3-12-24-13-15-25(16-14-24)21(23-20-10-5-4-6-11-20)18-8-7-9-19(17-18)22(26)27-2/h3-11,17H,1,12-16H2,2H3/b23-21-. The zero-order valence-electron chi connectivity index (χ0n) is 15.7. The lowest BCUT2D eigenvalue weighted by molar-refractivity contribution is 0.0600. The van der Waals surface area contributed by atoms with Gasteiger partial charge >= 0.3 is 5.97 Å². The Hall–Kier alpha value is -2.92. The molecule has 2 aromatic rings. The number of carbonyl (C=O) groups excluding carboxylic acids is 1. The minimum atomic E-state index is -0.341. The summed E-state index contributed by atoms with van der Waals surface area (Å²) in [5.41, 5.74) is 2.34. The van der Waals surface area contributed by atoms with Gasteiger partial charge in [-0.05, 0) is 24.3 Å². The Morgan fingerprint density at radius 1 is 1.07 bits per heavy atom. The molecule has 1 saturated heterocycles. The highest BCUT2D eigenvalue weighted by molar-refractivity contribution is 6.02. The molecule has 0 unspecified atom stereocenters. The average molecular weight is 363 g/mol. The van der Waals surface area contributed by atoms with Gasteiger partial charge < -0.3 is 9.64 Å². The Labute approximate surface area is 160 Å². The minimum Gasteiger partial charge on any atom is -0.465 e. The van der Waals surface area contributed by atoms with Gasteiger partial charge in [-0.3, -0.25) is 4.90 Å². The highest BCUT2D eigenvalue weighted by Gasteiger charge is 2.21. The normalized spacial score (nSPS) is 15.4. The zero-order valence-corrected chi connectivity index (χ0v) is 15.7. The molecule has 0 aromatic heterocycles. The SMILES string of the molecule is C=CCN1CCN(/C(=N\c2ccccc2)c2cccc(C(=O)OC)c2)CC1. The molecule has 0 aliphatic carbocycles. The van der Waals surface area contributed by atoms with Crippen molar-refractivity contribution in [3.8, 4) is 0 Å². The van der Waals surface area contributed by atoms with Crippen molar-refractivity contribution in [2.45, 2.75) is 0 Å². The fourth-order valence-corrected chi connectivity index (χ4v) is 3.17. The summed E-state index contributed by atoms with van der Waals surface area (Å²) >= 11 is 0. The number of aliphatic imine (C=N–C) groups is 1. The molecular formula is C22H25N3O2. The molecule has 1 heterocycles. The maximum Gasteiger partial charge on any atom is 0.337 e. The summed E-state index contributed by atoms with van der Waals surface area (Å²) in [6.45, 7) is 8.39. The second-order valence-corrected chi connectivity index (χ2v) is 6.42. The number of ether oxygens (including phenoxy) is 1. The van der Waals surface area contributed by atoms with Crippen molar-refractivity contribution in [3.63, 3.8) is 0 Å². The number of rotatable bonds is 5. The molecule has 2 aromatic carbocycles. The molecule has 0 radical (unpaired) electrons. The first-order valence-electron chi connectivity index (χ1n) is 9.12. The number of methoxy groups -OCH3 is 1. The highest BCUT2D eigenvalue weighted by Crippen LogP contribution is 2.18. The van der Waals surface area contributed by atoms with Gasteiger partial charge in [0, 0.05) is 38.3 Å².